The summed E-state index contributed by atoms with van der Waals surface area (Å²) in [6, 6.07) is 12.3. The molecule has 2 aliphatic carbocycles. The SMILES string of the molecule is c1ccc(CCC[C@@H]2[C@H]3CC[C@H](C3)[C@@H]2NC2=NCCO2)cc1. The number of aryl methyl sites for hydroxylation is 1. The van der Waals surface area contributed by atoms with E-state index in [-0.39, 0.29) is 0 Å². The molecule has 3 nitrogen and oxygen atoms in total. The molecular weight excluding hydrogens is 272 g/mol. The van der Waals surface area contributed by atoms with Gasteiger partial charge in [0.25, 0.3) is 6.02 Å². The van der Waals surface area contributed by atoms with Gasteiger partial charge in [-0.15, -0.1) is 0 Å². The van der Waals surface area contributed by atoms with Crippen molar-refractivity contribution in [1.82, 2.24) is 5.32 Å². The quantitative estimate of drug-likeness (QED) is 0.904. The molecule has 22 heavy (non-hydrogen) atoms. The third kappa shape index (κ3) is 2.86. The van der Waals surface area contributed by atoms with Crippen LogP contribution in [-0.2, 0) is 11.2 Å². The Morgan fingerprint density at radius 2 is 2.00 bits per heavy atom. The minimum atomic E-state index is 0.603. The van der Waals surface area contributed by atoms with Crippen molar-refractivity contribution in [2.75, 3.05) is 13.2 Å². The van der Waals surface area contributed by atoms with E-state index in [4.69, 9.17) is 4.74 Å². The molecule has 0 amide bonds. The van der Waals surface area contributed by atoms with Crippen molar-refractivity contribution < 1.29 is 4.74 Å². The fourth-order valence-electron chi connectivity index (χ4n) is 4.80. The summed E-state index contributed by atoms with van der Waals surface area (Å²) < 4.78 is 5.58. The number of rotatable bonds is 5. The van der Waals surface area contributed by atoms with Crippen molar-refractivity contribution in [3.8, 4) is 0 Å². The van der Waals surface area contributed by atoms with Crippen LogP contribution in [0, 0.1) is 17.8 Å². The molecule has 0 spiro atoms. The molecule has 0 radical (unpaired) electrons. The second kappa shape index (κ2) is 6.31. The van der Waals surface area contributed by atoms with Gasteiger partial charge in [-0.05, 0) is 61.8 Å². The van der Waals surface area contributed by atoms with E-state index in [2.05, 4.69) is 40.6 Å². The smallest absolute Gasteiger partial charge is 0.285 e. The third-order valence-electron chi connectivity index (χ3n) is 5.81. The van der Waals surface area contributed by atoms with Crippen LogP contribution < -0.4 is 5.32 Å². The first-order chi connectivity index (χ1) is 10.9. The Morgan fingerprint density at radius 1 is 1.14 bits per heavy atom. The first-order valence-corrected chi connectivity index (χ1v) is 8.88. The zero-order valence-electron chi connectivity index (χ0n) is 13.2. The fourth-order valence-corrected chi connectivity index (χ4v) is 4.80. The van der Waals surface area contributed by atoms with Gasteiger partial charge in [-0.25, -0.2) is 4.99 Å². The van der Waals surface area contributed by atoms with Gasteiger partial charge in [0.2, 0.25) is 0 Å². The van der Waals surface area contributed by atoms with Gasteiger partial charge in [0.05, 0.1) is 6.54 Å². The highest BCUT2D eigenvalue weighted by Gasteiger charge is 2.47. The number of nitrogens with zero attached hydrogens (tertiary/aromatic N) is 1. The maximum Gasteiger partial charge on any atom is 0.285 e. The van der Waals surface area contributed by atoms with Gasteiger partial charge in [0, 0.05) is 6.04 Å². The van der Waals surface area contributed by atoms with Crippen LogP contribution in [0.3, 0.4) is 0 Å². The molecule has 3 heteroatoms. The molecule has 1 aromatic carbocycles. The lowest BCUT2D eigenvalue weighted by molar-refractivity contribution is 0.234. The highest BCUT2D eigenvalue weighted by molar-refractivity contribution is 5.75. The van der Waals surface area contributed by atoms with Crippen molar-refractivity contribution in [3.63, 3.8) is 0 Å². The number of nitrogens with one attached hydrogen (secondary N) is 1. The Balaban J connectivity index is 1.34. The summed E-state index contributed by atoms with van der Waals surface area (Å²) in [4.78, 5) is 4.43. The van der Waals surface area contributed by atoms with Crippen LogP contribution in [0.4, 0.5) is 0 Å². The van der Waals surface area contributed by atoms with Crippen molar-refractivity contribution in [2.45, 2.75) is 44.6 Å². The maximum atomic E-state index is 5.58. The summed E-state index contributed by atoms with van der Waals surface area (Å²) in [6.45, 7) is 1.57. The maximum absolute atomic E-state index is 5.58. The monoisotopic (exact) mass is 298 g/mol. The lowest BCUT2D eigenvalue weighted by atomic mass is 9.81. The van der Waals surface area contributed by atoms with E-state index in [0.717, 1.165) is 36.9 Å². The molecule has 0 aromatic heterocycles. The predicted octanol–water partition coefficient (Wildman–Crippen LogP) is 3.40. The minimum absolute atomic E-state index is 0.603. The molecule has 1 heterocycles. The number of ether oxygens (including phenoxy) is 1. The van der Waals surface area contributed by atoms with Crippen LogP contribution in [0.5, 0.6) is 0 Å². The molecule has 1 aliphatic heterocycles. The third-order valence-corrected chi connectivity index (χ3v) is 5.81. The predicted molar refractivity (Wildman–Crippen MR) is 88.9 cm³/mol. The van der Waals surface area contributed by atoms with Crippen molar-refractivity contribution in [1.29, 1.82) is 0 Å². The highest BCUT2D eigenvalue weighted by Crippen LogP contribution is 2.50. The number of benzene rings is 1. The second-order valence-electron chi connectivity index (χ2n) is 7.08. The van der Waals surface area contributed by atoms with E-state index in [9.17, 15) is 0 Å². The van der Waals surface area contributed by atoms with Crippen molar-refractivity contribution in [2.24, 2.45) is 22.7 Å². The van der Waals surface area contributed by atoms with E-state index < -0.39 is 0 Å². The number of fused-ring (bicyclic) bond motifs is 2. The molecule has 1 aromatic rings. The molecule has 2 bridgehead atoms. The first kappa shape index (κ1) is 14.1. The summed E-state index contributed by atoms with van der Waals surface area (Å²) in [6.07, 6.45) is 8.08. The number of hydrogen-bond donors (Lipinski definition) is 1. The summed E-state index contributed by atoms with van der Waals surface area (Å²) in [5.74, 6) is 2.59. The number of amidine groups is 1. The first-order valence-electron chi connectivity index (χ1n) is 8.88. The molecule has 1 N–H and O–H groups in total. The van der Waals surface area contributed by atoms with Crippen LogP contribution in [0.2, 0.25) is 0 Å². The molecule has 2 fully saturated rings. The molecule has 2 saturated carbocycles. The average Bonchev–Trinajstić information content (AvgIpc) is 3.27. The van der Waals surface area contributed by atoms with E-state index >= 15 is 0 Å². The van der Waals surface area contributed by atoms with E-state index in [1.54, 1.807) is 0 Å². The zero-order valence-corrected chi connectivity index (χ0v) is 13.2. The van der Waals surface area contributed by atoms with Crippen molar-refractivity contribution in [3.05, 3.63) is 35.9 Å². The van der Waals surface area contributed by atoms with E-state index in [0.29, 0.717) is 6.04 Å². The summed E-state index contributed by atoms with van der Waals surface area (Å²) >= 11 is 0. The van der Waals surface area contributed by atoms with Crippen LogP contribution >= 0.6 is 0 Å². The topological polar surface area (TPSA) is 33.6 Å². The fraction of sp³-hybridized carbons (Fsp3) is 0.632. The minimum Gasteiger partial charge on any atom is -0.463 e. The van der Waals surface area contributed by atoms with Crippen LogP contribution in [0.25, 0.3) is 0 Å². The van der Waals surface area contributed by atoms with Crippen LogP contribution in [0.15, 0.2) is 35.3 Å². The number of aliphatic imine (C=N–C) groups is 1. The lowest BCUT2D eigenvalue weighted by Crippen LogP contribution is -2.44. The van der Waals surface area contributed by atoms with Gasteiger partial charge in [-0.3, -0.25) is 0 Å². The molecule has 4 atom stereocenters. The molecular formula is C19H26N2O. The Morgan fingerprint density at radius 3 is 2.82 bits per heavy atom. The van der Waals surface area contributed by atoms with Crippen LogP contribution in [0.1, 0.15) is 37.7 Å². The van der Waals surface area contributed by atoms with E-state index in [1.807, 2.05) is 0 Å². The largest absolute Gasteiger partial charge is 0.463 e. The number of hydrogen-bond acceptors (Lipinski definition) is 3. The lowest BCUT2D eigenvalue weighted by Gasteiger charge is -2.32. The standard InChI is InChI=1S/C19H26N2O/c1-2-5-14(6-3-1)7-4-8-17-15-9-10-16(13-15)18(17)21-19-20-11-12-22-19/h1-3,5-6,15-18H,4,7-13H2,(H,20,21)/t15-,16+,17+,18-/m0/s1. The van der Waals surface area contributed by atoms with Crippen molar-refractivity contribution >= 4 is 6.02 Å². The highest BCUT2D eigenvalue weighted by atomic mass is 16.5. The summed E-state index contributed by atoms with van der Waals surface area (Å²) in [7, 11) is 0. The Kier molecular flexibility index (Phi) is 4.05. The average molecular weight is 298 g/mol. The molecule has 0 unspecified atom stereocenters. The molecule has 4 rings (SSSR count). The summed E-state index contributed by atoms with van der Waals surface area (Å²) in [5.41, 5.74) is 1.47. The normalized spacial score (nSPS) is 32.8. The Labute approximate surface area is 133 Å². The second-order valence-corrected chi connectivity index (χ2v) is 7.08. The summed E-state index contributed by atoms with van der Waals surface area (Å²) in [5, 5.41) is 3.64. The molecule has 118 valence electrons. The molecule has 3 aliphatic rings. The van der Waals surface area contributed by atoms with Gasteiger partial charge in [-0.1, -0.05) is 30.3 Å². The van der Waals surface area contributed by atoms with Gasteiger partial charge in [0.15, 0.2) is 0 Å². The van der Waals surface area contributed by atoms with Crippen LogP contribution in [-0.4, -0.2) is 25.2 Å². The molecule has 0 saturated heterocycles. The Bertz CT molecular complexity index is 527. The van der Waals surface area contributed by atoms with Gasteiger partial charge in [0.1, 0.15) is 6.61 Å². The Hall–Kier alpha value is -1.51. The van der Waals surface area contributed by atoms with Gasteiger partial charge in [-0.2, -0.15) is 0 Å². The zero-order chi connectivity index (χ0) is 14.8. The van der Waals surface area contributed by atoms with E-state index in [1.165, 1.54) is 44.1 Å². The van der Waals surface area contributed by atoms with Gasteiger partial charge >= 0.3 is 0 Å². The van der Waals surface area contributed by atoms with Gasteiger partial charge < -0.3 is 10.1 Å².